The molecule has 40 heavy (non-hydrogen) atoms. The van der Waals surface area contributed by atoms with E-state index in [4.69, 9.17) is 4.74 Å². The molecule has 0 spiro atoms. The maximum atomic E-state index is 13.1. The van der Waals surface area contributed by atoms with E-state index in [-0.39, 0.29) is 23.6 Å². The smallest absolute Gasteiger partial charge is 0.368 e. The van der Waals surface area contributed by atoms with Gasteiger partial charge in [0, 0.05) is 36.8 Å². The number of benzene rings is 1. The monoisotopic (exact) mass is 546 g/mol. The molecule has 8 heteroatoms. The third kappa shape index (κ3) is 4.62. The Hall–Kier alpha value is -3.83. The van der Waals surface area contributed by atoms with Crippen LogP contribution < -0.4 is 10.4 Å². The normalized spacial score (nSPS) is 30.8. The highest BCUT2D eigenvalue weighted by molar-refractivity contribution is 5.71. The van der Waals surface area contributed by atoms with Crippen molar-refractivity contribution in [2.45, 2.75) is 49.6 Å². The quantitative estimate of drug-likeness (QED) is 0.454. The van der Waals surface area contributed by atoms with E-state index in [1.54, 1.807) is 4.90 Å². The van der Waals surface area contributed by atoms with E-state index >= 15 is 0 Å². The van der Waals surface area contributed by atoms with Crippen LogP contribution in [0, 0.1) is 23.2 Å². The van der Waals surface area contributed by atoms with Crippen LogP contribution in [0.3, 0.4) is 0 Å². The minimum absolute atomic E-state index is 0.00873. The molecule has 5 nitrogen and oxygen atoms in total. The molecule has 0 saturated carbocycles. The number of nitrogens with zero attached hydrogens (tertiary/aromatic N) is 4. The lowest BCUT2D eigenvalue weighted by Gasteiger charge is -2.43. The number of nitriles is 1. The van der Waals surface area contributed by atoms with Crippen molar-refractivity contribution in [1.82, 2.24) is 9.80 Å². The molecule has 4 aliphatic rings. The van der Waals surface area contributed by atoms with Gasteiger partial charge in [-0.2, -0.15) is 18.4 Å². The fourth-order valence-electron chi connectivity index (χ4n) is 6.70. The van der Waals surface area contributed by atoms with Crippen molar-refractivity contribution in [2.24, 2.45) is 16.8 Å². The maximum Gasteiger partial charge on any atom is 0.433 e. The maximum absolute atomic E-state index is 13.1. The Balaban J connectivity index is 1.41. The molecule has 2 fully saturated rings. The second-order valence-electron chi connectivity index (χ2n) is 11.2. The Morgan fingerprint density at radius 1 is 1.32 bits per heavy atom. The van der Waals surface area contributed by atoms with Crippen LogP contribution in [0.2, 0.25) is 0 Å². The van der Waals surface area contributed by atoms with Crippen molar-refractivity contribution in [3.05, 3.63) is 95.8 Å². The molecule has 2 saturated heterocycles. The fourth-order valence-corrected chi connectivity index (χ4v) is 6.70. The van der Waals surface area contributed by atoms with Gasteiger partial charge in [0.15, 0.2) is 0 Å². The molecule has 2 bridgehead atoms. The fraction of sp³-hybridized carbons (Fsp3) is 0.375. The van der Waals surface area contributed by atoms with Gasteiger partial charge in [0.2, 0.25) is 0 Å². The summed E-state index contributed by atoms with van der Waals surface area (Å²) in [6, 6.07) is 9.99. The molecule has 1 aliphatic carbocycles. The molecule has 3 heterocycles. The number of aliphatic imine (C=N–C) groups is 1. The summed E-state index contributed by atoms with van der Waals surface area (Å²) in [5.74, 6) is -0.0841. The van der Waals surface area contributed by atoms with Crippen LogP contribution in [-0.2, 0) is 4.74 Å². The van der Waals surface area contributed by atoms with Gasteiger partial charge in [-0.25, -0.2) is 4.99 Å². The van der Waals surface area contributed by atoms with E-state index in [0.29, 0.717) is 18.5 Å². The molecule has 3 aliphatic heterocycles. The Morgan fingerprint density at radius 2 is 2.08 bits per heavy atom. The van der Waals surface area contributed by atoms with Crippen molar-refractivity contribution >= 4 is 18.0 Å². The SMILES string of the molecule is C=C[C@@H]1[C@H](C(=C)N(C)C2C=CC(C#N)=c3ccccc3=C2)[C@@]2(CCN3C=NC(C(F)(F)F)=CC3=C)CC[C@]1(C)O2. The number of likely N-dealkylation sites (N-methyl/N-ethyl adjacent to an activating group) is 1. The topological polar surface area (TPSA) is 51.9 Å². The first-order chi connectivity index (χ1) is 18.9. The lowest BCUT2D eigenvalue weighted by atomic mass is 9.64. The van der Waals surface area contributed by atoms with Gasteiger partial charge in [-0.1, -0.05) is 55.7 Å². The molecule has 1 aromatic carbocycles. The second-order valence-corrected chi connectivity index (χ2v) is 11.2. The summed E-state index contributed by atoms with van der Waals surface area (Å²) in [4.78, 5) is 7.40. The molecule has 1 aromatic rings. The summed E-state index contributed by atoms with van der Waals surface area (Å²) in [5.41, 5.74) is -0.200. The molecule has 5 rings (SSSR count). The lowest BCUT2D eigenvalue weighted by Crippen LogP contribution is -2.46. The van der Waals surface area contributed by atoms with Crippen LogP contribution in [-0.4, -0.2) is 53.2 Å². The number of ether oxygens (including phenoxy) is 1. The molecule has 0 radical (unpaired) electrons. The molecule has 1 unspecified atom stereocenters. The van der Waals surface area contributed by atoms with E-state index in [0.717, 1.165) is 35.1 Å². The van der Waals surface area contributed by atoms with Gasteiger partial charge < -0.3 is 14.5 Å². The summed E-state index contributed by atoms with van der Waals surface area (Å²) >= 11 is 0. The molecule has 0 amide bonds. The van der Waals surface area contributed by atoms with Crippen LogP contribution in [0.15, 0.2) is 90.4 Å². The van der Waals surface area contributed by atoms with E-state index < -0.39 is 23.1 Å². The van der Waals surface area contributed by atoms with Crippen LogP contribution in [0.1, 0.15) is 26.2 Å². The predicted molar refractivity (Wildman–Crippen MR) is 151 cm³/mol. The highest BCUT2D eigenvalue weighted by Gasteiger charge is 2.65. The van der Waals surface area contributed by atoms with E-state index in [1.165, 1.54) is 6.34 Å². The largest absolute Gasteiger partial charge is 0.433 e. The van der Waals surface area contributed by atoms with Crippen molar-refractivity contribution in [3.8, 4) is 6.07 Å². The highest BCUT2D eigenvalue weighted by Crippen LogP contribution is 2.61. The van der Waals surface area contributed by atoms with Crippen molar-refractivity contribution < 1.29 is 17.9 Å². The van der Waals surface area contributed by atoms with E-state index in [2.05, 4.69) is 48.7 Å². The summed E-state index contributed by atoms with van der Waals surface area (Å²) in [5, 5.41) is 11.6. The van der Waals surface area contributed by atoms with Crippen LogP contribution >= 0.6 is 0 Å². The molecule has 0 aromatic heterocycles. The third-order valence-electron chi connectivity index (χ3n) is 8.88. The summed E-state index contributed by atoms with van der Waals surface area (Å²) in [6.07, 6.45) is 7.82. The van der Waals surface area contributed by atoms with Crippen LogP contribution in [0.4, 0.5) is 13.2 Å². The predicted octanol–water partition coefficient (Wildman–Crippen LogP) is 4.96. The van der Waals surface area contributed by atoms with Gasteiger partial charge >= 0.3 is 6.18 Å². The van der Waals surface area contributed by atoms with Gasteiger partial charge in [0.1, 0.15) is 5.70 Å². The van der Waals surface area contributed by atoms with Gasteiger partial charge in [0.25, 0.3) is 0 Å². The molecular weight excluding hydrogens is 513 g/mol. The average Bonchev–Trinajstić information content (AvgIpc) is 3.30. The van der Waals surface area contributed by atoms with Gasteiger partial charge in [-0.05, 0) is 48.8 Å². The minimum Gasteiger partial charge on any atom is -0.368 e. The van der Waals surface area contributed by atoms with Gasteiger partial charge in [-0.3, -0.25) is 0 Å². The zero-order chi connectivity index (χ0) is 28.9. The zero-order valence-corrected chi connectivity index (χ0v) is 22.8. The number of hydrogen-bond donors (Lipinski definition) is 0. The first kappa shape index (κ1) is 27.7. The first-order valence-electron chi connectivity index (χ1n) is 13.3. The average molecular weight is 547 g/mol. The number of hydrogen-bond acceptors (Lipinski definition) is 5. The Morgan fingerprint density at radius 3 is 2.75 bits per heavy atom. The zero-order valence-electron chi connectivity index (χ0n) is 22.8. The minimum atomic E-state index is -4.52. The van der Waals surface area contributed by atoms with E-state index in [1.807, 2.05) is 49.5 Å². The number of rotatable bonds is 7. The van der Waals surface area contributed by atoms with Crippen molar-refractivity contribution in [1.29, 1.82) is 5.26 Å². The Kier molecular flexibility index (Phi) is 6.91. The molecule has 0 N–H and O–H groups in total. The Bertz CT molecular complexity index is 1510. The van der Waals surface area contributed by atoms with Gasteiger partial charge in [0.05, 0.1) is 35.2 Å². The van der Waals surface area contributed by atoms with Crippen molar-refractivity contribution in [3.63, 3.8) is 0 Å². The Labute approximate surface area is 232 Å². The summed E-state index contributed by atoms with van der Waals surface area (Å²) < 4.78 is 46.2. The number of halogens is 3. The third-order valence-corrected chi connectivity index (χ3v) is 8.88. The summed E-state index contributed by atoms with van der Waals surface area (Å²) in [7, 11) is 2.00. The molecular formula is C32H33F3N4O. The first-order valence-corrected chi connectivity index (χ1v) is 13.3. The number of alkyl halides is 3. The van der Waals surface area contributed by atoms with Crippen LogP contribution in [0.5, 0.6) is 0 Å². The molecule has 208 valence electrons. The van der Waals surface area contributed by atoms with Crippen molar-refractivity contribution in [2.75, 3.05) is 13.6 Å². The number of allylic oxidation sites excluding steroid dienone is 3. The standard InChI is InChI=1S/C32H33F3N4O/c1-6-27-29(22(3)38(5)25-12-11-24(19-36)26-10-8-7-9-23(26)18-25)31(14-13-30(27,4)40-31)15-16-39-20-37-28(17-21(39)2)32(33,34)35/h6-12,17-18,20,25,27,29H,1-3,13-16H2,4-5H3/t25?,27-,29+,30+,31+/m1/s1. The lowest BCUT2D eigenvalue weighted by molar-refractivity contribution is -0.0928. The number of fused-ring (bicyclic) bond motifs is 3. The summed E-state index contributed by atoms with van der Waals surface area (Å²) in [6.45, 7) is 15.0. The van der Waals surface area contributed by atoms with Crippen LogP contribution in [0.25, 0.3) is 11.6 Å². The molecule has 5 atom stereocenters. The van der Waals surface area contributed by atoms with Gasteiger partial charge in [-0.15, -0.1) is 6.58 Å². The highest BCUT2D eigenvalue weighted by atomic mass is 19.4. The van der Waals surface area contributed by atoms with E-state index in [9.17, 15) is 18.4 Å². The second kappa shape index (κ2) is 9.97.